The summed E-state index contributed by atoms with van der Waals surface area (Å²) in [5, 5.41) is 26.6. The summed E-state index contributed by atoms with van der Waals surface area (Å²) in [5.41, 5.74) is 0.281. The molecule has 2 aromatic carbocycles. The molecule has 8 heteroatoms. The van der Waals surface area contributed by atoms with Gasteiger partial charge in [-0.3, -0.25) is 0 Å². The summed E-state index contributed by atoms with van der Waals surface area (Å²) in [6.45, 7) is 0. The number of aromatic hydroxyl groups is 1. The SMILES string of the molecule is COc1cc(C(=O)O)c(/N=N/c2ccc(O)cc2)c(OC)c1OC. The molecule has 24 heavy (non-hydrogen) atoms. The Bertz CT molecular complexity index is 771. The molecule has 8 nitrogen and oxygen atoms in total. The molecule has 2 N–H and O–H groups in total. The maximum Gasteiger partial charge on any atom is 0.338 e. The maximum atomic E-state index is 11.5. The molecular weight excluding hydrogens is 316 g/mol. The minimum absolute atomic E-state index is 0.00396. The van der Waals surface area contributed by atoms with Gasteiger partial charge in [0.15, 0.2) is 11.5 Å². The topological polar surface area (TPSA) is 110 Å². The average Bonchev–Trinajstić information content (AvgIpc) is 2.59. The quantitative estimate of drug-likeness (QED) is 0.783. The van der Waals surface area contributed by atoms with E-state index >= 15 is 0 Å². The molecule has 0 spiro atoms. The number of hydrogen-bond acceptors (Lipinski definition) is 7. The molecule has 0 radical (unpaired) electrons. The van der Waals surface area contributed by atoms with Gasteiger partial charge in [-0.1, -0.05) is 0 Å². The first-order chi connectivity index (χ1) is 11.5. The van der Waals surface area contributed by atoms with Crippen LogP contribution in [0.15, 0.2) is 40.6 Å². The number of benzene rings is 2. The van der Waals surface area contributed by atoms with E-state index in [9.17, 15) is 15.0 Å². The number of ether oxygens (including phenoxy) is 3. The van der Waals surface area contributed by atoms with Crippen molar-refractivity contribution in [3.63, 3.8) is 0 Å². The monoisotopic (exact) mass is 332 g/mol. The highest BCUT2D eigenvalue weighted by Crippen LogP contribution is 2.47. The van der Waals surface area contributed by atoms with E-state index in [1.54, 1.807) is 0 Å². The minimum atomic E-state index is -1.21. The van der Waals surface area contributed by atoms with Crippen molar-refractivity contribution in [1.29, 1.82) is 0 Å². The van der Waals surface area contributed by atoms with E-state index < -0.39 is 5.97 Å². The van der Waals surface area contributed by atoms with Gasteiger partial charge in [0.05, 0.1) is 32.6 Å². The van der Waals surface area contributed by atoms with Crippen LogP contribution in [0.2, 0.25) is 0 Å². The first kappa shape index (κ1) is 17.1. The number of phenolic OH excluding ortho intramolecular Hbond substituents is 1. The van der Waals surface area contributed by atoms with Gasteiger partial charge in [0.1, 0.15) is 11.4 Å². The number of carboxylic acid groups (broad SMARTS) is 1. The molecule has 0 amide bonds. The van der Waals surface area contributed by atoms with Crippen LogP contribution in [0.25, 0.3) is 0 Å². The number of aromatic carboxylic acids is 1. The van der Waals surface area contributed by atoms with Gasteiger partial charge >= 0.3 is 5.97 Å². The molecule has 0 atom stereocenters. The van der Waals surface area contributed by atoms with Crippen molar-refractivity contribution in [3.8, 4) is 23.0 Å². The first-order valence-electron chi connectivity index (χ1n) is 6.78. The Hall–Kier alpha value is -3.29. The van der Waals surface area contributed by atoms with Crippen molar-refractivity contribution in [2.45, 2.75) is 0 Å². The van der Waals surface area contributed by atoms with Crippen LogP contribution < -0.4 is 14.2 Å². The van der Waals surface area contributed by atoms with Crippen LogP contribution in [0, 0.1) is 0 Å². The molecule has 126 valence electrons. The van der Waals surface area contributed by atoms with E-state index in [-0.39, 0.29) is 34.2 Å². The standard InChI is InChI=1S/C16H16N2O6/c1-22-12-8-11(16(20)21)13(15(24-3)14(12)23-2)18-17-9-4-6-10(19)7-5-9/h4-8,19H,1-3H3,(H,20,21)/b18-17+. The summed E-state index contributed by atoms with van der Waals surface area (Å²) in [4.78, 5) is 11.5. The fourth-order valence-electron chi connectivity index (χ4n) is 2.03. The van der Waals surface area contributed by atoms with Crippen LogP contribution in [-0.2, 0) is 0 Å². The van der Waals surface area contributed by atoms with E-state index in [4.69, 9.17) is 14.2 Å². The normalized spacial score (nSPS) is 10.6. The number of carboxylic acids is 1. The van der Waals surface area contributed by atoms with Crippen molar-refractivity contribution in [3.05, 3.63) is 35.9 Å². The molecule has 0 aliphatic heterocycles. The smallest absolute Gasteiger partial charge is 0.338 e. The summed E-state index contributed by atoms with van der Waals surface area (Å²) in [6, 6.07) is 7.24. The number of methoxy groups -OCH3 is 3. The summed E-state index contributed by atoms with van der Waals surface area (Å²) in [7, 11) is 4.16. The second kappa shape index (κ2) is 7.32. The van der Waals surface area contributed by atoms with Gasteiger partial charge < -0.3 is 24.4 Å². The zero-order valence-corrected chi connectivity index (χ0v) is 13.3. The van der Waals surface area contributed by atoms with Gasteiger partial charge in [0.25, 0.3) is 0 Å². The lowest BCUT2D eigenvalue weighted by atomic mass is 10.1. The highest BCUT2D eigenvalue weighted by molar-refractivity contribution is 5.97. The van der Waals surface area contributed by atoms with Gasteiger partial charge in [-0.05, 0) is 24.3 Å². The lowest BCUT2D eigenvalue weighted by Gasteiger charge is -2.15. The molecular formula is C16H16N2O6. The predicted molar refractivity (Wildman–Crippen MR) is 85.3 cm³/mol. The molecule has 0 aromatic heterocycles. The Kier molecular flexibility index (Phi) is 5.20. The number of azo groups is 1. The highest BCUT2D eigenvalue weighted by Gasteiger charge is 2.24. The molecule has 0 bridgehead atoms. The Balaban J connectivity index is 2.61. The zero-order valence-electron chi connectivity index (χ0n) is 13.3. The second-order valence-corrected chi connectivity index (χ2v) is 4.56. The van der Waals surface area contributed by atoms with Crippen molar-refractivity contribution in [1.82, 2.24) is 0 Å². The molecule has 0 unspecified atom stereocenters. The van der Waals surface area contributed by atoms with Gasteiger partial charge in [0, 0.05) is 6.07 Å². The first-order valence-corrected chi connectivity index (χ1v) is 6.78. The van der Waals surface area contributed by atoms with E-state index in [0.29, 0.717) is 5.69 Å². The molecule has 0 aliphatic carbocycles. The summed E-state index contributed by atoms with van der Waals surface area (Å²) in [5.74, 6) is -0.616. The third-order valence-corrected chi connectivity index (χ3v) is 3.15. The minimum Gasteiger partial charge on any atom is -0.508 e. The average molecular weight is 332 g/mol. The van der Waals surface area contributed by atoms with Crippen LogP contribution >= 0.6 is 0 Å². The van der Waals surface area contributed by atoms with Crippen LogP contribution in [-0.4, -0.2) is 37.5 Å². The zero-order chi connectivity index (χ0) is 17.7. The number of rotatable bonds is 6. The lowest BCUT2D eigenvalue weighted by Crippen LogP contribution is -2.02. The Labute approximate surface area is 137 Å². The van der Waals surface area contributed by atoms with Crippen LogP contribution in [0.1, 0.15) is 10.4 Å². The second-order valence-electron chi connectivity index (χ2n) is 4.56. The molecule has 0 fully saturated rings. The van der Waals surface area contributed by atoms with Crippen LogP contribution in [0.5, 0.6) is 23.0 Å². The fourth-order valence-corrected chi connectivity index (χ4v) is 2.03. The molecule has 2 aromatic rings. The largest absolute Gasteiger partial charge is 0.508 e. The number of phenols is 1. The summed E-state index contributed by atoms with van der Waals surface area (Å²) < 4.78 is 15.6. The summed E-state index contributed by atoms with van der Waals surface area (Å²) >= 11 is 0. The van der Waals surface area contributed by atoms with Crippen LogP contribution in [0.4, 0.5) is 11.4 Å². The van der Waals surface area contributed by atoms with Crippen molar-refractivity contribution in [2.75, 3.05) is 21.3 Å². The van der Waals surface area contributed by atoms with Crippen molar-refractivity contribution in [2.24, 2.45) is 10.2 Å². The van der Waals surface area contributed by atoms with Crippen LogP contribution in [0.3, 0.4) is 0 Å². The van der Waals surface area contributed by atoms with Crippen molar-refractivity contribution < 1.29 is 29.2 Å². The maximum absolute atomic E-state index is 11.5. The molecule has 0 saturated carbocycles. The Morgan fingerprint density at radius 2 is 1.58 bits per heavy atom. The van der Waals surface area contributed by atoms with E-state index in [1.807, 2.05) is 0 Å². The van der Waals surface area contributed by atoms with Gasteiger partial charge in [-0.15, -0.1) is 5.11 Å². The summed E-state index contributed by atoms with van der Waals surface area (Å²) in [6.07, 6.45) is 0. The van der Waals surface area contributed by atoms with Gasteiger partial charge in [-0.2, -0.15) is 5.11 Å². The molecule has 0 heterocycles. The Morgan fingerprint density at radius 3 is 2.08 bits per heavy atom. The van der Waals surface area contributed by atoms with E-state index in [0.717, 1.165) is 0 Å². The molecule has 0 saturated heterocycles. The predicted octanol–water partition coefficient (Wildman–Crippen LogP) is 3.53. The number of nitrogens with zero attached hydrogens (tertiary/aromatic N) is 2. The molecule has 2 rings (SSSR count). The third-order valence-electron chi connectivity index (χ3n) is 3.15. The highest BCUT2D eigenvalue weighted by atomic mass is 16.5. The molecule has 0 aliphatic rings. The van der Waals surface area contributed by atoms with E-state index in [1.165, 1.54) is 51.7 Å². The van der Waals surface area contributed by atoms with Gasteiger partial charge in [-0.25, -0.2) is 4.79 Å². The number of carbonyl (C=O) groups is 1. The Morgan fingerprint density at radius 1 is 0.958 bits per heavy atom. The van der Waals surface area contributed by atoms with E-state index in [2.05, 4.69) is 10.2 Å². The third kappa shape index (κ3) is 3.37. The fraction of sp³-hybridized carbons (Fsp3) is 0.188. The van der Waals surface area contributed by atoms with Crippen molar-refractivity contribution >= 4 is 17.3 Å². The lowest BCUT2D eigenvalue weighted by molar-refractivity contribution is 0.0697. The van der Waals surface area contributed by atoms with Gasteiger partial charge in [0.2, 0.25) is 5.75 Å². The number of hydrogen-bond donors (Lipinski definition) is 2.